The Labute approximate surface area is 168 Å². The third-order valence-corrected chi connectivity index (χ3v) is 6.78. The van der Waals surface area contributed by atoms with Crippen molar-refractivity contribution in [3.63, 3.8) is 0 Å². The highest BCUT2D eigenvalue weighted by Gasteiger charge is 2.49. The van der Waals surface area contributed by atoms with Crippen molar-refractivity contribution in [1.29, 1.82) is 0 Å². The number of fused-ring (bicyclic) bond motifs is 1. The van der Waals surface area contributed by atoms with Crippen LogP contribution in [0.1, 0.15) is 43.2 Å². The average Bonchev–Trinajstić information content (AvgIpc) is 3.13. The summed E-state index contributed by atoms with van der Waals surface area (Å²) in [5.74, 6) is 2.57. The van der Waals surface area contributed by atoms with E-state index in [4.69, 9.17) is 14.2 Å². The number of ether oxygens (including phenoxy) is 3. The quantitative estimate of drug-likeness (QED) is 0.719. The van der Waals surface area contributed by atoms with Gasteiger partial charge in [-0.1, -0.05) is 31.0 Å². The highest BCUT2D eigenvalue weighted by molar-refractivity contribution is 5.46. The molecule has 0 N–H and O–H groups in total. The Hall–Kier alpha value is -2.20. The Bertz CT molecular complexity index is 804. The molecule has 1 saturated carbocycles. The van der Waals surface area contributed by atoms with Crippen LogP contribution < -0.4 is 14.2 Å². The van der Waals surface area contributed by atoms with Crippen LogP contribution in [0.3, 0.4) is 0 Å². The van der Waals surface area contributed by atoms with E-state index in [-0.39, 0.29) is 5.41 Å². The molecule has 0 radical (unpaired) electrons. The van der Waals surface area contributed by atoms with E-state index in [1.165, 1.54) is 43.2 Å². The fourth-order valence-electron chi connectivity index (χ4n) is 5.33. The molecule has 1 aliphatic carbocycles. The summed E-state index contributed by atoms with van der Waals surface area (Å²) in [5.41, 5.74) is 2.99. The van der Waals surface area contributed by atoms with Gasteiger partial charge in [0, 0.05) is 18.0 Å². The molecular formula is C24H31NO3. The summed E-state index contributed by atoms with van der Waals surface area (Å²) in [5, 5.41) is 0. The van der Waals surface area contributed by atoms with Crippen LogP contribution in [-0.2, 0) is 12.0 Å². The van der Waals surface area contributed by atoms with E-state index >= 15 is 0 Å². The molecule has 4 rings (SSSR count). The Morgan fingerprint density at radius 1 is 0.893 bits per heavy atom. The van der Waals surface area contributed by atoms with Crippen LogP contribution in [0.15, 0.2) is 42.5 Å². The third kappa shape index (κ3) is 3.35. The second-order valence-electron chi connectivity index (χ2n) is 8.06. The lowest BCUT2D eigenvalue weighted by Gasteiger charge is -2.42. The molecule has 1 saturated heterocycles. The zero-order chi connectivity index (χ0) is 19.6. The first-order chi connectivity index (χ1) is 13.7. The molecule has 28 heavy (non-hydrogen) atoms. The molecular weight excluding hydrogens is 350 g/mol. The monoisotopic (exact) mass is 381 g/mol. The number of hydrogen-bond acceptors (Lipinski definition) is 4. The SMILES string of the molecule is COc1ccc(CN2CC[C@]3(c4ccc(OC)c(OC)c4)CCCC[C@H]23)cc1. The van der Waals surface area contributed by atoms with E-state index in [0.29, 0.717) is 6.04 Å². The molecule has 0 aromatic heterocycles. The first kappa shape index (κ1) is 19.1. The molecule has 2 aromatic rings. The first-order valence-electron chi connectivity index (χ1n) is 10.3. The molecule has 0 amide bonds. The molecule has 150 valence electrons. The molecule has 2 atom stereocenters. The maximum Gasteiger partial charge on any atom is 0.161 e. The van der Waals surface area contributed by atoms with Crippen molar-refractivity contribution in [1.82, 2.24) is 4.90 Å². The van der Waals surface area contributed by atoms with E-state index in [0.717, 1.165) is 30.3 Å². The molecule has 0 bridgehead atoms. The van der Waals surface area contributed by atoms with Gasteiger partial charge in [0.15, 0.2) is 11.5 Å². The molecule has 4 nitrogen and oxygen atoms in total. The number of hydrogen-bond donors (Lipinski definition) is 0. The topological polar surface area (TPSA) is 30.9 Å². The van der Waals surface area contributed by atoms with Gasteiger partial charge < -0.3 is 14.2 Å². The third-order valence-electron chi connectivity index (χ3n) is 6.78. The predicted octanol–water partition coefficient (Wildman–Crippen LogP) is 4.80. The minimum atomic E-state index is 0.226. The zero-order valence-electron chi connectivity index (χ0n) is 17.2. The van der Waals surface area contributed by atoms with E-state index in [1.54, 1.807) is 21.3 Å². The number of nitrogens with zero attached hydrogens (tertiary/aromatic N) is 1. The summed E-state index contributed by atoms with van der Waals surface area (Å²) in [6.45, 7) is 2.15. The number of likely N-dealkylation sites (tertiary alicyclic amines) is 1. The largest absolute Gasteiger partial charge is 0.497 e. The number of benzene rings is 2. The second kappa shape index (κ2) is 8.04. The lowest BCUT2D eigenvalue weighted by atomic mass is 9.66. The van der Waals surface area contributed by atoms with Crippen molar-refractivity contribution in [2.45, 2.75) is 50.1 Å². The highest BCUT2D eigenvalue weighted by Crippen LogP contribution is 2.50. The minimum Gasteiger partial charge on any atom is -0.497 e. The lowest BCUT2D eigenvalue weighted by molar-refractivity contribution is 0.150. The number of rotatable bonds is 6. The minimum absolute atomic E-state index is 0.226. The van der Waals surface area contributed by atoms with Gasteiger partial charge in [-0.2, -0.15) is 0 Å². The molecule has 4 heteroatoms. The molecule has 0 unspecified atom stereocenters. The van der Waals surface area contributed by atoms with E-state index in [9.17, 15) is 0 Å². The average molecular weight is 382 g/mol. The van der Waals surface area contributed by atoms with Crippen LogP contribution in [0.5, 0.6) is 17.2 Å². The van der Waals surface area contributed by atoms with Gasteiger partial charge in [-0.25, -0.2) is 0 Å². The van der Waals surface area contributed by atoms with Gasteiger partial charge in [-0.05, 0) is 61.2 Å². The van der Waals surface area contributed by atoms with Crippen LogP contribution >= 0.6 is 0 Å². The summed E-state index contributed by atoms with van der Waals surface area (Å²) in [4.78, 5) is 2.69. The van der Waals surface area contributed by atoms with E-state index < -0.39 is 0 Å². The van der Waals surface area contributed by atoms with Crippen LogP contribution in [-0.4, -0.2) is 38.8 Å². The van der Waals surface area contributed by atoms with Crippen molar-refractivity contribution in [3.05, 3.63) is 53.6 Å². The Kier molecular flexibility index (Phi) is 5.49. The smallest absolute Gasteiger partial charge is 0.161 e. The summed E-state index contributed by atoms with van der Waals surface area (Å²) in [7, 11) is 5.14. The number of methoxy groups -OCH3 is 3. The molecule has 0 spiro atoms. The second-order valence-corrected chi connectivity index (χ2v) is 8.06. The molecule has 2 fully saturated rings. The Morgan fingerprint density at radius 2 is 1.68 bits per heavy atom. The van der Waals surface area contributed by atoms with E-state index in [2.05, 4.69) is 47.4 Å². The Morgan fingerprint density at radius 3 is 2.39 bits per heavy atom. The summed E-state index contributed by atoms with van der Waals surface area (Å²) < 4.78 is 16.4. The van der Waals surface area contributed by atoms with Gasteiger partial charge in [0.25, 0.3) is 0 Å². The van der Waals surface area contributed by atoms with Gasteiger partial charge >= 0.3 is 0 Å². The van der Waals surface area contributed by atoms with Crippen LogP contribution in [0, 0.1) is 0 Å². The van der Waals surface area contributed by atoms with Crippen molar-refractivity contribution in [2.75, 3.05) is 27.9 Å². The van der Waals surface area contributed by atoms with Crippen molar-refractivity contribution < 1.29 is 14.2 Å². The fourth-order valence-corrected chi connectivity index (χ4v) is 5.33. The van der Waals surface area contributed by atoms with Gasteiger partial charge in [0.05, 0.1) is 21.3 Å². The Balaban J connectivity index is 1.61. The van der Waals surface area contributed by atoms with Crippen molar-refractivity contribution in [2.24, 2.45) is 0 Å². The summed E-state index contributed by atoms with van der Waals surface area (Å²) in [6.07, 6.45) is 6.36. The maximum atomic E-state index is 5.61. The van der Waals surface area contributed by atoms with Gasteiger partial charge in [0.1, 0.15) is 5.75 Å². The van der Waals surface area contributed by atoms with Crippen molar-refractivity contribution >= 4 is 0 Å². The van der Waals surface area contributed by atoms with Crippen molar-refractivity contribution in [3.8, 4) is 17.2 Å². The molecule has 2 aromatic carbocycles. The lowest BCUT2D eigenvalue weighted by Crippen LogP contribution is -2.44. The molecule has 1 heterocycles. The van der Waals surface area contributed by atoms with Gasteiger partial charge in [-0.15, -0.1) is 0 Å². The van der Waals surface area contributed by atoms with Gasteiger partial charge in [-0.3, -0.25) is 4.90 Å². The van der Waals surface area contributed by atoms with E-state index in [1.807, 2.05) is 0 Å². The standard InChI is InChI=1S/C24H31NO3/c1-26-20-10-7-18(8-11-20)17-25-15-14-24(13-5-4-6-23(24)25)19-9-12-21(27-2)22(16-19)28-3/h7-12,16,23H,4-6,13-15,17H2,1-3H3/t23-,24-/m0/s1. The summed E-state index contributed by atoms with van der Waals surface area (Å²) in [6, 6.07) is 15.6. The summed E-state index contributed by atoms with van der Waals surface area (Å²) >= 11 is 0. The van der Waals surface area contributed by atoms with Crippen LogP contribution in [0.25, 0.3) is 0 Å². The van der Waals surface area contributed by atoms with Gasteiger partial charge in [0.2, 0.25) is 0 Å². The zero-order valence-corrected chi connectivity index (χ0v) is 17.2. The highest BCUT2D eigenvalue weighted by atomic mass is 16.5. The fraction of sp³-hybridized carbons (Fsp3) is 0.500. The maximum absolute atomic E-state index is 5.61. The van der Waals surface area contributed by atoms with Crippen LogP contribution in [0.2, 0.25) is 0 Å². The first-order valence-corrected chi connectivity index (χ1v) is 10.3. The molecule has 2 aliphatic rings. The molecule has 1 aliphatic heterocycles. The normalized spacial score (nSPS) is 24.6. The van der Waals surface area contributed by atoms with Crippen LogP contribution in [0.4, 0.5) is 0 Å². The predicted molar refractivity (Wildman–Crippen MR) is 112 cm³/mol.